The van der Waals surface area contributed by atoms with Crippen LogP contribution in [0.25, 0.3) is 0 Å². The van der Waals surface area contributed by atoms with E-state index in [9.17, 15) is 8.78 Å². The van der Waals surface area contributed by atoms with Gasteiger partial charge in [-0.25, -0.2) is 13.8 Å². The van der Waals surface area contributed by atoms with E-state index in [1.165, 1.54) is 0 Å². The summed E-state index contributed by atoms with van der Waals surface area (Å²) in [5, 5.41) is 8.57. The number of halogens is 2. The Labute approximate surface area is 74.8 Å². The van der Waals surface area contributed by atoms with Crippen molar-refractivity contribution in [3.05, 3.63) is 28.6 Å². The summed E-state index contributed by atoms with van der Waals surface area (Å²) >= 11 is 0. The van der Waals surface area contributed by atoms with E-state index in [0.29, 0.717) is 11.1 Å². The normalized spacial score (nSPS) is 10.2. The highest BCUT2D eigenvalue weighted by atomic mass is 19.3. The highest BCUT2D eigenvalue weighted by Gasteiger charge is 2.14. The predicted molar refractivity (Wildman–Crippen MR) is 43.4 cm³/mol. The molecule has 68 valence electrons. The third-order valence-corrected chi connectivity index (χ3v) is 2.02. The number of rotatable bonds is 1. The van der Waals surface area contributed by atoms with Crippen LogP contribution in [0, 0.1) is 25.2 Å². The van der Waals surface area contributed by atoms with Crippen LogP contribution in [0.2, 0.25) is 0 Å². The number of nitrogens with zero attached hydrogens (tertiary/aromatic N) is 2. The molecule has 0 amide bonds. The quantitative estimate of drug-likeness (QED) is 0.669. The van der Waals surface area contributed by atoms with Crippen LogP contribution in [0.5, 0.6) is 0 Å². The van der Waals surface area contributed by atoms with Crippen molar-refractivity contribution in [3.8, 4) is 6.07 Å². The first kappa shape index (κ1) is 9.59. The van der Waals surface area contributed by atoms with Gasteiger partial charge in [-0.05, 0) is 25.0 Å². The van der Waals surface area contributed by atoms with Crippen LogP contribution in [0.1, 0.15) is 28.8 Å². The third-order valence-electron chi connectivity index (χ3n) is 2.02. The second-order valence-electron chi connectivity index (χ2n) is 2.72. The number of alkyl halides is 2. The van der Waals surface area contributed by atoms with Crippen LogP contribution in [-0.4, -0.2) is 4.98 Å². The van der Waals surface area contributed by atoms with Crippen molar-refractivity contribution in [2.45, 2.75) is 20.3 Å². The van der Waals surface area contributed by atoms with Gasteiger partial charge in [-0.1, -0.05) is 0 Å². The fourth-order valence-electron chi connectivity index (χ4n) is 1.05. The number of pyridine rings is 1. The molecule has 0 N–H and O–H groups in total. The van der Waals surface area contributed by atoms with Crippen molar-refractivity contribution in [2.24, 2.45) is 0 Å². The van der Waals surface area contributed by atoms with Gasteiger partial charge in [0.05, 0.1) is 0 Å². The minimum absolute atomic E-state index is 0.100. The third kappa shape index (κ3) is 1.64. The summed E-state index contributed by atoms with van der Waals surface area (Å²) in [6.45, 7) is 3.19. The second-order valence-corrected chi connectivity index (χ2v) is 2.72. The van der Waals surface area contributed by atoms with Crippen molar-refractivity contribution in [1.82, 2.24) is 4.98 Å². The van der Waals surface area contributed by atoms with Gasteiger partial charge in [0.25, 0.3) is 6.43 Å². The van der Waals surface area contributed by atoms with Crippen LogP contribution in [0.3, 0.4) is 0 Å². The Morgan fingerprint density at radius 2 is 2.00 bits per heavy atom. The molecule has 0 aliphatic heterocycles. The zero-order chi connectivity index (χ0) is 10.0. The van der Waals surface area contributed by atoms with Crippen LogP contribution < -0.4 is 0 Å². The molecule has 1 heterocycles. The summed E-state index contributed by atoms with van der Waals surface area (Å²) in [5.74, 6) is 0. The minimum Gasteiger partial charge on any atom is -0.245 e. The van der Waals surface area contributed by atoms with E-state index in [2.05, 4.69) is 4.98 Å². The molecule has 0 atom stereocenters. The van der Waals surface area contributed by atoms with Gasteiger partial charge in [-0.3, -0.25) is 0 Å². The summed E-state index contributed by atoms with van der Waals surface area (Å²) in [4.78, 5) is 3.64. The molecule has 0 fully saturated rings. The van der Waals surface area contributed by atoms with E-state index in [-0.39, 0.29) is 11.3 Å². The van der Waals surface area contributed by atoms with Gasteiger partial charge >= 0.3 is 0 Å². The number of aromatic nitrogens is 1. The molecule has 1 aromatic heterocycles. The number of nitriles is 1. The Balaban J connectivity index is 3.33. The van der Waals surface area contributed by atoms with Crippen molar-refractivity contribution in [1.29, 1.82) is 5.26 Å². The van der Waals surface area contributed by atoms with E-state index in [1.54, 1.807) is 13.8 Å². The van der Waals surface area contributed by atoms with E-state index in [4.69, 9.17) is 5.26 Å². The molecule has 0 bridgehead atoms. The highest BCUT2D eigenvalue weighted by molar-refractivity contribution is 5.40. The standard InChI is InChI=1S/C9H8F2N2/c1-5-6(2)8(3-12)13-4-7(5)9(10)11/h4,9H,1-2H3. The van der Waals surface area contributed by atoms with E-state index in [0.717, 1.165) is 6.20 Å². The van der Waals surface area contributed by atoms with Crippen LogP contribution >= 0.6 is 0 Å². The summed E-state index contributed by atoms with van der Waals surface area (Å²) in [6.07, 6.45) is -1.47. The first-order chi connectivity index (χ1) is 6.07. The van der Waals surface area contributed by atoms with Gasteiger partial charge in [0.15, 0.2) is 0 Å². The smallest absolute Gasteiger partial charge is 0.245 e. The molecule has 0 radical (unpaired) electrons. The molecule has 13 heavy (non-hydrogen) atoms. The number of hydrogen-bond acceptors (Lipinski definition) is 2. The Morgan fingerprint density at radius 3 is 2.46 bits per heavy atom. The first-order valence-corrected chi connectivity index (χ1v) is 3.72. The van der Waals surface area contributed by atoms with Gasteiger partial charge in [0.1, 0.15) is 11.8 Å². The van der Waals surface area contributed by atoms with E-state index >= 15 is 0 Å². The molecule has 1 aromatic rings. The summed E-state index contributed by atoms with van der Waals surface area (Å²) < 4.78 is 24.6. The average Bonchev–Trinajstić information content (AvgIpc) is 2.09. The average molecular weight is 182 g/mol. The maximum Gasteiger partial charge on any atom is 0.265 e. The van der Waals surface area contributed by atoms with Crippen molar-refractivity contribution < 1.29 is 8.78 Å². The SMILES string of the molecule is Cc1c(C(F)F)cnc(C#N)c1C. The van der Waals surface area contributed by atoms with Crippen molar-refractivity contribution >= 4 is 0 Å². The molecule has 0 spiro atoms. The molecule has 2 nitrogen and oxygen atoms in total. The lowest BCUT2D eigenvalue weighted by Gasteiger charge is -2.07. The molecular weight excluding hydrogens is 174 g/mol. The Kier molecular flexibility index (Phi) is 2.57. The maximum absolute atomic E-state index is 12.3. The highest BCUT2D eigenvalue weighted by Crippen LogP contribution is 2.24. The van der Waals surface area contributed by atoms with Crippen LogP contribution in [-0.2, 0) is 0 Å². The second kappa shape index (κ2) is 3.48. The molecular formula is C9H8F2N2. The molecule has 0 aliphatic carbocycles. The van der Waals surface area contributed by atoms with Crippen LogP contribution in [0.15, 0.2) is 6.20 Å². The Morgan fingerprint density at radius 1 is 1.38 bits per heavy atom. The Bertz CT molecular complexity index is 367. The molecule has 4 heteroatoms. The number of hydrogen-bond donors (Lipinski definition) is 0. The van der Waals surface area contributed by atoms with E-state index in [1.807, 2.05) is 6.07 Å². The van der Waals surface area contributed by atoms with Gasteiger partial charge in [-0.2, -0.15) is 5.26 Å². The Hall–Kier alpha value is -1.50. The van der Waals surface area contributed by atoms with Gasteiger partial charge in [0.2, 0.25) is 0 Å². The summed E-state index contributed by atoms with van der Waals surface area (Å²) in [5.41, 5.74) is 1.08. The fourth-order valence-corrected chi connectivity index (χ4v) is 1.05. The molecule has 0 unspecified atom stereocenters. The first-order valence-electron chi connectivity index (χ1n) is 3.72. The van der Waals surface area contributed by atoms with Crippen molar-refractivity contribution in [2.75, 3.05) is 0 Å². The summed E-state index contributed by atoms with van der Waals surface area (Å²) in [6, 6.07) is 1.85. The topological polar surface area (TPSA) is 36.7 Å². The fraction of sp³-hybridized carbons (Fsp3) is 0.333. The zero-order valence-corrected chi connectivity index (χ0v) is 7.31. The minimum atomic E-state index is -2.53. The molecule has 0 saturated heterocycles. The van der Waals surface area contributed by atoms with Gasteiger partial charge < -0.3 is 0 Å². The van der Waals surface area contributed by atoms with Gasteiger partial charge in [0, 0.05) is 11.8 Å². The van der Waals surface area contributed by atoms with Crippen molar-refractivity contribution in [3.63, 3.8) is 0 Å². The maximum atomic E-state index is 12.3. The van der Waals surface area contributed by atoms with Crippen LogP contribution in [0.4, 0.5) is 8.78 Å². The summed E-state index contributed by atoms with van der Waals surface area (Å²) in [7, 11) is 0. The zero-order valence-electron chi connectivity index (χ0n) is 7.31. The lowest BCUT2D eigenvalue weighted by atomic mass is 10.0. The molecule has 1 rings (SSSR count). The molecule has 0 aliphatic rings. The monoisotopic (exact) mass is 182 g/mol. The predicted octanol–water partition coefficient (Wildman–Crippen LogP) is 2.51. The van der Waals surface area contributed by atoms with Gasteiger partial charge in [-0.15, -0.1) is 0 Å². The lowest BCUT2D eigenvalue weighted by Crippen LogP contribution is -1.98. The molecule has 0 aromatic carbocycles. The van der Waals surface area contributed by atoms with E-state index < -0.39 is 6.43 Å². The largest absolute Gasteiger partial charge is 0.265 e. The lowest BCUT2D eigenvalue weighted by molar-refractivity contribution is 0.150. The molecule has 0 saturated carbocycles.